The molecular weight excluding hydrogens is 294 g/mol. The van der Waals surface area contributed by atoms with Gasteiger partial charge in [0.1, 0.15) is 0 Å². The van der Waals surface area contributed by atoms with Crippen LogP contribution in [0.2, 0.25) is 0 Å². The predicted molar refractivity (Wildman–Crippen MR) is 86.4 cm³/mol. The molecule has 1 aromatic heterocycles. The van der Waals surface area contributed by atoms with Crippen LogP contribution >= 0.6 is 0 Å². The minimum atomic E-state index is -0.413. The van der Waals surface area contributed by atoms with Gasteiger partial charge in [-0.25, -0.2) is 9.78 Å². The van der Waals surface area contributed by atoms with Gasteiger partial charge in [-0.05, 0) is 42.5 Å². The maximum Gasteiger partial charge on any atom is 0.337 e. The molecule has 0 radical (unpaired) electrons. The third-order valence-corrected chi connectivity index (χ3v) is 3.55. The number of fused-ring (bicyclic) bond motifs is 1. The smallest absolute Gasteiger partial charge is 0.337 e. The number of nitrogens with zero attached hydrogens (tertiary/aromatic N) is 2. The molecule has 0 bridgehead atoms. The first-order valence-electron chi connectivity index (χ1n) is 6.99. The molecule has 0 fully saturated rings. The monoisotopic (exact) mass is 309 g/mol. The second-order valence-electron chi connectivity index (χ2n) is 5.08. The van der Waals surface area contributed by atoms with Crippen molar-refractivity contribution in [2.24, 2.45) is 7.05 Å². The van der Waals surface area contributed by atoms with Gasteiger partial charge in [0.15, 0.2) is 0 Å². The molecular formula is C17H15N3O3. The summed E-state index contributed by atoms with van der Waals surface area (Å²) in [7, 11) is 3.23. The summed E-state index contributed by atoms with van der Waals surface area (Å²) in [6.07, 6.45) is 1.71. The molecule has 0 unspecified atom stereocenters. The number of esters is 1. The summed E-state index contributed by atoms with van der Waals surface area (Å²) in [6, 6.07) is 11.9. The summed E-state index contributed by atoms with van der Waals surface area (Å²) in [5.74, 6) is -0.646. The Morgan fingerprint density at radius 3 is 2.48 bits per heavy atom. The molecule has 3 rings (SSSR count). The number of aromatic nitrogens is 2. The van der Waals surface area contributed by atoms with Crippen molar-refractivity contribution >= 4 is 28.6 Å². The number of hydrogen-bond acceptors (Lipinski definition) is 4. The quantitative estimate of drug-likeness (QED) is 0.755. The normalized spacial score (nSPS) is 10.5. The highest BCUT2D eigenvalue weighted by Crippen LogP contribution is 2.16. The van der Waals surface area contributed by atoms with Crippen molar-refractivity contribution in [2.45, 2.75) is 0 Å². The van der Waals surface area contributed by atoms with E-state index in [-0.39, 0.29) is 5.91 Å². The van der Waals surface area contributed by atoms with Crippen molar-refractivity contribution in [3.8, 4) is 0 Å². The van der Waals surface area contributed by atoms with Crippen molar-refractivity contribution in [2.75, 3.05) is 12.4 Å². The molecule has 0 spiro atoms. The number of anilines is 1. The maximum absolute atomic E-state index is 12.3. The Kier molecular flexibility index (Phi) is 3.80. The lowest BCUT2D eigenvalue weighted by Gasteiger charge is -2.06. The number of benzene rings is 2. The van der Waals surface area contributed by atoms with Crippen LogP contribution in [0.1, 0.15) is 20.7 Å². The first kappa shape index (κ1) is 14.8. The SMILES string of the molecule is COC(=O)c1ccc(NC(=O)c2ccc3c(c2)ncn3C)cc1. The van der Waals surface area contributed by atoms with Gasteiger partial charge in [-0.1, -0.05) is 0 Å². The van der Waals surface area contributed by atoms with Gasteiger partial charge < -0.3 is 14.6 Å². The van der Waals surface area contributed by atoms with E-state index in [2.05, 4.69) is 15.0 Å². The maximum atomic E-state index is 12.3. The first-order valence-corrected chi connectivity index (χ1v) is 6.99. The molecule has 116 valence electrons. The number of aryl methyl sites for hydroxylation is 1. The van der Waals surface area contributed by atoms with E-state index in [1.165, 1.54) is 7.11 Å². The zero-order valence-corrected chi connectivity index (χ0v) is 12.7. The second-order valence-corrected chi connectivity index (χ2v) is 5.08. The van der Waals surface area contributed by atoms with Crippen LogP contribution in [0.25, 0.3) is 11.0 Å². The van der Waals surface area contributed by atoms with Gasteiger partial charge in [-0.15, -0.1) is 0 Å². The third kappa shape index (κ3) is 2.91. The average molecular weight is 309 g/mol. The molecule has 3 aromatic rings. The average Bonchev–Trinajstić information content (AvgIpc) is 2.95. The number of imidazole rings is 1. The lowest BCUT2D eigenvalue weighted by molar-refractivity contribution is 0.0600. The molecule has 1 N–H and O–H groups in total. The lowest BCUT2D eigenvalue weighted by Crippen LogP contribution is -2.12. The minimum Gasteiger partial charge on any atom is -0.465 e. The van der Waals surface area contributed by atoms with E-state index in [4.69, 9.17) is 0 Å². The molecule has 23 heavy (non-hydrogen) atoms. The number of rotatable bonds is 3. The molecule has 0 aliphatic heterocycles. The van der Waals surface area contributed by atoms with E-state index in [1.54, 1.807) is 42.7 Å². The Hall–Kier alpha value is -3.15. The molecule has 0 atom stereocenters. The molecule has 0 aliphatic carbocycles. The molecule has 6 nitrogen and oxygen atoms in total. The molecule has 1 amide bonds. The largest absolute Gasteiger partial charge is 0.465 e. The Balaban J connectivity index is 1.78. The van der Waals surface area contributed by atoms with Crippen LogP contribution in [-0.4, -0.2) is 28.5 Å². The second kappa shape index (κ2) is 5.92. The number of hydrogen-bond donors (Lipinski definition) is 1. The van der Waals surface area contributed by atoms with Gasteiger partial charge in [0.05, 0.1) is 30.0 Å². The number of ether oxygens (including phenoxy) is 1. The molecule has 6 heteroatoms. The van der Waals surface area contributed by atoms with Gasteiger partial charge in [0.2, 0.25) is 0 Å². The number of amides is 1. The predicted octanol–water partition coefficient (Wildman–Crippen LogP) is 2.61. The summed E-state index contributed by atoms with van der Waals surface area (Å²) in [5.41, 5.74) is 3.28. The van der Waals surface area contributed by atoms with Gasteiger partial charge in [-0.2, -0.15) is 0 Å². The summed E-state index contributed by atoms with van der Waals surface area (Å²) < 4.78 is 6.53. The highest BCUT2D eigenvalue weighted by Gasteiger charge is 2.10. The summed E-state index contributed by atoms with van der Waals surface area (Å²) >= 11 is 0. The summed E-state index contributed by atoms with van der Waals surface area (Å²) in [6.45, 7) is 0. The number of carbonyl (C=O) groups is 2. The van der Waals surface area contributed by atoms with Gasteiger partial charge >= 0.3 is 5.97 Å². The van der Waals surface area contributed by atoms with Gasteiger partial charge in [0.25, 0.3) is 5.91 Å². The summed E-state index contributed by atoms with van der Waals surface area (Å²) in [5, 5.41) is 2.79. The molecule has 2 aromatic carbocycles. The molecule has 0 aliphatic rings. The topological polar surface area (TPSA) is 73.2 Å². The number of methoxy groups -OCH3 is 1. The Bertz CT molecular complexity index is 882. The highest BCUT2D eigenvalue weighted by molar-refractivity contribution is 6.06. The van der Waals surface area contributed by atoms with Crippen molar-refractivity contribution in [1.29, 1.82) is 0 Å². The Labute approximate surface area is 132 Å². The molecule has 1 heterocycles. The standard InChI is InChI=1S/C17H15N3O3/c1-20-10-18-14-9-12(5-8-15(14)20)16(21)19-13-6-3-11(4-7-13)17(22)23-2/h3-10H,1-2H3,(H,19,21). The number of carbonyl (C=O) groups excluding carboxylic acids is 2. The van der Waals surface area contributed by atoms with Crippen LogP contribution in [0, 0.1) is 0 Å². The van der Waals surface area contributed by atoms with E-state index >= 15 is 0 Å². The van der Waals surface area contributed by atoms with E-state index in [9.17, 15) is 9.59 Å². The first-order chi connectivity index (χ1) is 11.1. The van der Waals surface area contributed by atoms with Crippen LogP contribution in [0.4, 0.5) is 5.69 Å². The van der Waals surface area contributed by atoms with Crippen molar-refractivity contribution in [1.82, 2.24) is 9.55 Å². The van der Waals surface area contributed by atoms with Crippen LogP contribution in [0.3, 0.4) is 0 Å². The minimum absolute atomic E-state index is 0.233. The van der Waals surface area contributed by atoms with Crippen LogP contribution < -0.4 is 5.32 Å². The third-order valence-electron chi connectivity index (χ3n) is 3.55. The fourth-order valence-electron chi connectivity index (χ4n) is 2.29. The van der Waals surface area contributed by atoms with Crippen LogP contribution in [-0.2, 0) is 11.8 Å². The van der Waals surface area contributed by atoms with E-state index in [0.29, 0.717) is 16.8 Å². The Morgan fingerprint density at radius 1 is 1.09 bits per heavy atom. The molecule has 0 saturated heterocycles. The van der Waals surface area contributed by atoms with Gasteiger partial charge in [-0.3, -0.25) is 4.79 Å². The van der Waals surface area contributed by atoms with Crippen molar-refractivity contribution < 1.29 is 14.3 Å². The zero-order chi connectivity index (χ0) is 16.4. The van der Waals surface area contributed by atoms with E-state index in [0.717, 1.165) is 11.0 Å². The highest BCUT2D eigenvalue weighted by atomic mass is 16.5. The van der Waals surface area contributed by atoms with E-state index < -0.39 is 5.97 Å². The van der Waals surface area contributed by atoms with Gasteiger partial charge in [0, 0.05) is 18.3 Å². The van der Waals surface area contributed by atoms with E-state index in [1.807, 2.05) is 17.7 Å². The zero-order valence-electron chi connectivity index (χ0n) is 12.7. The molecule has 0 saturated carbocycles. The lowest BCUT2D eigenvalue weighted by atomic mass is 10.1. The van der Waals surface area contributed by atoms with Crippen LogP contribution in [0.5, 0.6) is 0 Å². The number of nitrogens with one attached hydrogen (secondary N) is 1. The van der Waals surface area contributed by atoms with Crippen molar-refractivity contribution in [3.63, 3.8) is 0 Å². The summed E-state index contributed by atoms with van der Waals surface area (Å²) in [4.78, 5) is 27.9. The fourth-order valence-corrected chi connectivity index (χ4v) is 2.29. The fraction of sp³-hybridized carbons (Fsp3) is 0.118. The Morgan fingerprint density at radius 2 is 1.78 bits per heavy atom. The van der Waals surface area contributed by atoms with Crippen molar-refractivity contribution in [3.05, 3.63) is 59.9 Å². The van der Waals surface area contributed by atoms with Crippen LogP contribution in [0.15, 0.2) is 48.8 Å².